The molecular weight excluding hydrogens is 242 g/mol. The lowest BCUT2D eigenvalue weighted by molar-refractivity contribution is 0.570. The van der Waals surface area contributed by atoms with E-state index in [9.17, 15) is 0 Å². The molecule has 0 aliphatic heterocycles. The van der Waals surface area contributed by atoms with Gasteiger partial charge < -0.3 is 0 Å². The lowest BCUT2D eigenvalue weighted by Gasteiger charge is -2.14. The van der Waals surface area contributed by atoms with E-state index in [1.165, 1.54) is 5.39 Å². The van der Waals surface area contributed by atoms with Crippen molar-refractivity contribution < 1.29 is 0 Å². The van der Waals surface area contributed by atoms with Crippen LogP contribution in [-0.4, -0.2) is 22.5 Å². The first-order valence-electron chi connectivity index (χ1n) is 6.22. The summed E-state index contributed by atoms with van der Waals surface area (Å²) < 4.78 is 0. The van der Waals surface area contributed by atoms with Gasteiger partial charge in [0.25, 0.3) is 0 Å². The zero-order chi connectivity index (χ0) is 12.8. The first-order chi connectivity index (χ1) is 8.83. The van der Waals surface area contributed by atoms with E-state index in [-0.39, 0.29) is 6.04 Å². The Morgan fingerprint density at radius 2 is 2.11 bits per heavy atom. The van der Waals surface area contributed by atoms with Crippen molar-refractivity contribution in [2.24, 2.45) is 5.84 Å². The molecule has 1 heterocycles. The molecule has 0 bridgehead atoms. The number of thioether (sulfide) groups is 1. The number of nitrogens with one attached hydrogen (secondary N) is 1. The molecule has 4 heteroatoms. The van der Waals surface area contributed by atoms with Gasteiger partial charge in [-0.15, -0.1) is 0 Å². The summed E-state index contributed by atoms with van der Waals surface area (Å²) in [7, 11) is 0. The molecule has 18 heavy (non-hydrogen) atoms. The summed E-state index contributed by atoms with van der Waals surface area (Å²) in [4.78, 5) is 4.67. The van der Waals surface area contributed by atoms with Crippen LogP contribution >= 0.6 is 11.8 Å². The highest BCUT2D eigenvalue weighted by Gasteiger charge is 2.08. The molecule has 1 aromatic heterocycles. The number of hydrogen-bond donors (Lipinski definition) is 2. The average Bonchev–Trinajstić information content (AvgIpc) is 2.43. The number of hydrazine groups is 1. The van der Waals surface area contributed by atoms with Gasteiger partial charge in [0.1, 0.15) is 0 Å². The highest BCUT2D eigenvalue weighted by Crippen LogP contribution is 2.13. The summed E-state index contributed by atoms with van der Waals surface area (Å²) in [5.74, 6) is 7.71. The minimum Gasteiger partial charge on any atom is -0.271 e. The Bertz CT molecular complexity index is 501. The summed E-state index contributed by atoms with van der Waals surface area (Å²) >= 11 is 1.89. The molecule has 0 saturated heterocycles. The standard InChI is InChI=1S/C14H19N3S/c1-2-18-10-13(17-15)9-12-8-7-11-5-3-4-6-14(11)16-12/h3-8,13,17H,2,9-10,15H2,1H3. The van der Waals surface area contributed by atoms with Crippen molar-refractivity contribution >= 4 is 22.7 Å². The smallest absolute Gasteiger partial charge is 0.0705 e. The van der Waals surface area contributed by atoms with Crippen molar-refractivity contribution in [2.45, 2.75) is 19.4 Å². The Balaban J connectivity index is 2.10. The van der Waals surface area contributed by atoms with Crippen LogP contribution in [0.2, 0.25) is 0 Å². The van der Waals surface area contributed by atoms with Crippen LogP contribution in [0.25, 0.3) is 10.9 Å². The predicted molar refractivity (Wildman–Crippen MR) is 79.6 cm³/mol. The second kappa shape index (κ2) is 6.73. The molecule has 0 fully saturated rings. The molecule has 0 spiro atoms. The highest BCUT2D eigenvalue weighted by molar-refractivity contribution is 7.99. The summed E-state index contributed by atoms with van der Waals surface area (Å²) in [6.45, 7) is 2.16. The SMILES string of the molecule is CCSCC(Cc1ccc2ccccc2n1)NN. The monoisotopic (exact) mass is 261 g/mol. The highest BCUT2D eigenvalue weighted by atomic mass is 32.2. The largest absolute Gasteiger partial charge is 0.271 e. The number of hydrogen-bond acceptors (Lipinski definition) is 4. The third-order valence-corrected chi connectivity index (χ3v) is 3.92. The van der Waals surface area contributed by atoms with E-state index in [0.717, 1.165) is 29.1 Å². The van der Waals surface area contributed by atoms with Gasteiger partial charge in [-0.2, -0.15) is 11.8 Å². The zero-order valence-corrected chi connectivity index (χ0v) is 11.4. The summed E-state index contributed by atoms with van der Waals surface area (Å²) in [5.41, 5.74) is 5.01. The molecule has 1 atom stereocenters. The molecule has 0 amide bonds. The van der Waals surface area contributed by atoms with Crippen molar-refractivity contribution in [2.75, 3.05) is 11.5 Å². The van der Waals surface area contributed by atoms with E-state index in [1.54, 1.807) is 0 Å². The van der Waals surface area contributed by atoms with E-state index < -0.39 is 0 Å². The first kappa shape index (κ1) is 13.3. The van der Waals surface area contributed by atoms with E-state index >= 15 is 0 Å². The van der Waals surface area contributed by atoms with Gasteiger partial charge in [-0.3, -0.25) is 16.3 Å². The number of nitrogens with two attached hydrogens (primary N) is 1. The van der Waals surface area contributed by atoms with Gasteiger partial charge in [-0.25, -0.2) is 0 Å². The molecule has 2 aromatic rings. The van der Waals surface area contributed by atoms with Crippen molar-refractivity contribution in [1.82, 2.24) is 10.4 Å². The van der Waals surface area contributed by atoms with Crippen LogP contribution in [0.3, 0.4) is 0 Å². The van der Waals surface area contributed by atoms with Gasteiger partial charge in [-0.05, 0) is 17.9 Å². The Morgan fingerprint density at radius 1 is 1.28 bits per heavy atom. The number of pyridine rings is 1. The molecule has 0 saturated carbocycles. The van der Waals surface area contributed by atoms with Crippen LogP contribution in [0.5, 0.6) is 0 Å². The summed E-state index contributed by atoms with van der Waals surface area (Å²) in [6, 6.07) is 12.7. The lowest BCUT2D eigenvalue weighted by Crippen LogP contribution is -2.38. The van der Waals surface area contributed by atoms with Crippen LogP contribution in [0, 0.1) is 0 Å². The van der Waals surface area contributed by atoms with Crippen LogP contribution in [0.4, 0.5) is 0 Å². The Kier molecular flexibility index (Phi) is 4.99. The maximum atomic E-state index is 5.58. The molecule has 1 unspecified atom stereocenters. The van der Waals surface area contributed by atoms with Crippen LogP contribution in [0.1, 0.15) is 12.6 Å². The van der Waals surface area contributed by atoms with E-state index in [1.807, 2.05) is 30.0 Å². The Labute approximate surface area is 112 Å². The Hall–Kier alpha value is -1.10. The third kappa shape index (κ3) is 3.45. The molecule has 1 aromatic carbocycles. The fraction of sp³-hybridized carbons (Fsp3) is 0.357. The molecular formula is C14H19N3S. The molecule has 96 valence electrons. The quantitative estimate of drug-likeness (QED) is 0.619. The van der Waals surface area contributed by atoms with Gasteiger partial charge in [0.2, 0.25) is 0 Å². The summed E-state index contributed by atoms with van der Waals surface area (Å²) in [5, 5.41) is 1.18. The fourth-order valence-corrected chi connectivity index (χ4v) is 2.63. The van der Waals surface area contributed by atoms with Crippen molar-refractivity contribution in [3.05, 3.63) is 42.1 Å². The van der Waals surface area contributed by atoms with Gasteiger partial charge in [-0.1, -0.05) is 31.2 Å². The van der Waals surface area contributed by atoms with Gasteiger partial charge in [0, 0.05) is 29.3 Å². The molecule has 0 radical (unpaired) electrons. The molecule has 0 aliphatic carbocycles. The van der Waals surface area contributed by atoms with E-state index in [2.05, 4.69) is 35.5 Å². The first-order valence-corrected chi connectivity index (χ1v) is 7.37. The zero-order valence-electron chi connectivity index (χ0n) is 10.6. The van der Waals surface area contributed by atoms with Gasteiger partial charge >= 0.3 is 0 Å². The Morgan fingerprint density at radius 3 is 2.89 bits per heavy atom. The number of rotatable bonds is 6. The predicted octanol–water partition coefficient (Wildman–Crippen LogP) is 2.36. The topological polar surface area (TPSA) is 50.9 Å². The molecule has 2 rings (SSSR count). The fourth-order valence-electron chi connectivity index (χ4n) is 1.90. The van der Waals surface area contributed by atoms with E-state index in [0.29, 0.717) is 0 Å². The minimum atomic E-state index is 0.281. The van der Waals surface area contributed by atoms with Gasteiger partial charge in [0.05, 0.1) is 5.52 Å². The second-order valence-electron chi connectivity index (χ2n) is 4.22. The third-order valence-electron chi connectivity index (χ3n) is 2.87. The number of fused-ring (bicyclic) bond motifs is 1. The van der Waals surface area contributed by atoms with Crippen LogP contribution in [0.15, 0.2) is 36.4 Å². The van der Waals surface area contributed by atoms with Crippen LogP contribution in [-0.2, 0) is 6.42 Å². The number of nitrogens with zero attached hydrogens (tertiary/aromatic N) is 1. The number of para-hydroxylation sites is 1. The van der Waals surface area contributed by atoms with Crippen molar-refractivity contribution in [1.29, 1.82) is 0 Å². The normalized spacial score (nSPS) is 12.8. The summed E-state index contributed by atoms with van der Waals surface area (Å²) in [6.07, 6.45) is 0.869. The van der Waals surface area contributed by atoms with E-state index in [4.69, 9.17) is 5.84 Å². The maximum absolute atomic E-state index is 5.58. The van der Waals surface area contributed by atoms with Gasteiger partial charge in [0.15, 0.2) is 0 Å². The van der Waals surface area contributed by atoms with Crippen molar-refractivity contribution in [3.8, 4) is 0 Å². The van der Waals surface area contributed by atoms with Crippen LogP contribution < -0.4 is 11.3 Å². The molecule has 0 aliphatic rings. The molecule has 3 nitrogen and oxygen atoms in total. The van der Waals surface area contributed by atoms with Crippen molar-refractivity contribution in [3.63, 3.8) is 0 Å². The maximum Gasteiger partial charge on any atom is 0.0705 e. The number of aromatic nitrogens is 1. The number of benzene rings is 1. The molecule has 3 N–H and O–H groups in total. The second-order valence-corrected chi connectivity index (χ2v) is 5.54. The minimum absolute atomic E-state index is 0.281. The lowest BCUT2D eigenvalue weighted by atomic mass is 10.1. The average molecular weight is 261 g/mol.